The van der Waals surface area contributed by atoms with E-state index in [1.807, 2.05) is 12.3 Å². The Labute approximate surface area is 121 Å². The van der Waals surface area contributed by atoms with E-state index in [-0.39, 0.29) is 6.10 Å². The molecule has 2 heterocycles. The number of aryl methyl sites for hydroxylation is 1. The van der Waals surface area contributed by atoms with Crippen molar-refractivity contribution in [3.05, 3.63) is 51.5 Å². The first-order valence-corrected chi connectivity index (χ1v) is 7.41. The molecule has 0 saturated heterocycles. The lowest BCUT2D eigenvalue weighted by Crippen LogP contribution is -2.23. The van der Waals surface area contributed by atoms with Crippen molar-refractivity contribution in [3.8, 4) is 0 Å². The Balaban J connectivity index is 1.72. The number of hydrogen-bond acceptors (Lipinski definition) is 4. The SMILES string of the molecule is O=C(O)OC1CCc2cc(Cc3cccnc3)sc2C1. The summed E-state index contributed by atoms with van der Waals surface area (Å²) >= 11 is 1.76. The molecule has 1 aliphatic carbocycles. The topological polar surface area (TPSA) is 59.4 Å². The smallest absolute Gasteiger partial charge is 0.450 e. The molecule has 0 spiro atoms. The maximum Gasteiger partial charge on any atom is 0.506 e. The van der Waals surface area contributed by atoms with Crippen LogP contribution >= 0.6 is 11.3 Å². The molecule has 1 atom stereocenters. The number of rotatable bonds is 3. The highest BCUT2D eigenvalue weighted by Gasteiger charge is 2.23. The van der Waals surface area contributed by atoms with Crippen molar-refractivity contribution in [2.75, 3.05) is 0 Å². The molecule has 20 heavy (non-hydrogen) atoms. The van der Waals surface area contributed by atoms with E-state index < -0.39 is 6.16 Å². The van der Waals surface area contributed by atoms with Gasteiger partial charge in [0.25, 0.3) is 0 Å². The van der Waals surface area contributed by atoms with Crippen LogP contribution in [-0.2, 0) is 24.0 Å². The summed E-state index contributed by atoms with van der Waals surface area (Å²) in [5.41, 5.74) is 2.54. The van der Waals surface area contributed by atoms with Crippen molar-refractivity contribution >= 4 is 17.5 Å². The monoisotopic (exact) mass is 289 g/mol. The van der Waals surface area contributed by atoms with Gasteiger partial charge in [0.2, 0.25) is 0 Å². The van der Waals surface area contributed by atoms with Gasteiger partial charge in [-0.25, -0.2) is 4.79 Å². The normalized spacial score (nSPS) is 17.5. The summed E-state index contributed by atoms with van der Waals surface area (Å²) in [4.78, 5) is 17.3. The summed E-state index contributed by atoms with van der Waals surface area (Å²) in [5.74, 6) is 0. The number of nitrogens with zero attached hydrogens (tertiary/aromatic N) is 1. The first kappa shape index (κ1) is 13.1. The summed E-state index contributed by atoms with van der Waals surface area (Å²) < 4.78 is 4.89. The molecule has 4 nitrogen and oxygen atoms in total. The molecule has 0 saturated carbocycles. The van der Waals surface area contributed by atoms with Crippen LogP contribution in [0.4, 0.5) is 4.79 Å². The van der Waals surface area contributed by atoms with Crippen LogP contribution in [-0.4, -0.2) is 22.3 Å². The molecule has 104 valence electrons. The number of carbonyl (C=O) groups is 1. The van der Waals surface area contributed by atoms with Crippen molar-refractivity contribution < 1.29 is 14.6 Å². The lowest BCUT2D eigenvalue weighted by Gasteiger charge is -2.20. The molecule has 2 aromatic heterocycles. The molecule has 1 aliphatic rings. The third kappa shape index (κ3) is 2.99. The van der Waals surface area contributed by atoms with Crippen molar-refractivity contribution in [2.24, 2.45) is 0 Å². The van der Waals surface area contributed by atoms with Crippen LogP contribution in [0.25, 0.3) is 0 Å². The number of hydrogen-bond donors (Lipinski definition) is 1. The Hall–Kier alpha value is -1.88. The molecule has 0 amide bonds. The number of carboxylic acid groups (broad SMARTS) is 1. The third-order valence-electron chi connectivity index (χ3n) is 3.47. The molecular formula is C15H15NO3S. The van der Waals surface area contributed by atoms with Gasteiger partial charge < -0.3 is 9.84 Å². The fourth-order valence-electron chi connectivity index (χ4n) is 2.57. The molecule has 0 radical (unpaired) electrons. The molecule has 2 aromatic rings. The Bertz CT molecular complexity index is 609. The predicted molar refractivity (Wildman–Crippen MR) is 76.3 cm³/mol. The number of aromatic nitrogens is 1. The lowest BCUT2D eigenvalue weighted by molar-refractivity contribution is 0.0466. The van der Waals surface area contributed by atoms with E-state index in [1.54, 1.807) is 17.5 Å². The van der Waals surface area contributed by atoms with Crippen LogP contribution in [0.2, 0.25) is 0 Å². The quantitative estimate of drug-likeness (QED) is 0.881. The fraction of sp³-hybridized carbons (Fsp3) is 0.333. The second-order valence-corrected chi connectivity index (χ2v) is 6.17. The van der Waals surface area contributed by atoms with Gasteiger partial charge in [-0.15, -0.1) is 11.3 Å². The fourth-order valence-corrected chi connectivity index (χ4v) is 3.89. The zero-order valence-corrected chi connectivity index (χ0v) is 11.7. The maximum atomic E-state index is 10.6. The average molecular weight is 289 g/mol. The van der Waals surface area contributed by atoms with E-state index in [2.05, 4.69) is 17.1 Å². The van der Waals surface area contributed by atoms with E-state index in [1.165, 1.54) is 20.9 Å². The Morgan fingerprint density at radius 2 is 2.45 bits per heavy atom. The van der Waals surface area contributed by atoms with Crippen molar-refractivity contribution in [3.63, 3.8) is 0 Å². The van der Waals surface area contributed by atoms with Gasteiger partial charge in [0.1, 0.15) is 6.10 Å². The van der Waals surface area contributed by atoms with Crippen LogP contribution in [0.15, 0.2) is 30.6 Å². The van der Waals surface area contributed by atoms with Gasteiger partial charge in [-0.2, -0.15) is 0 Å². The first-order chi connectivity index (χ1) is 9.70. The van der Waals surface area contributed by atoms with Gasteiger partial charge in [0.15, 0.2) is 0 Å². The molecule has 0 fully saturated rings. The van der Waals surface area contributed by atoms with E-state index in [0.29, 0.717) is 6.42 Å². The molecule has 1 N–H and O–H groups in total. The summed E-state index contributed by atoms with van der Waals surface area (Å²) in [7, 11) is 0. The van der Waals surface area contributed by atoms with Crippen LogP contribution in [0.1, 0.15) is 27.3 Å². The zero-order valence-electron chi connectivity index (χ0n) is 10.9. The average Bonchev–Trinajstić information content (AvgIpc) is 2.80. The summed E-state index contributed by atoms with van der Waals surface area (Å²) in [6, 6.07) is 6.26. The molecule has 1 unspecified atom stereocenters. The van der Waals surface area contributed by atoms with Crippen molar-refractivity contribution in [1.82, 2.24) is 4.98 Å². The van der Waals surface area contributed by atoms with Gasteiger partial charge in [-0.05, 0) is 36.1 Å². The van der Waals surface area contributed by atoms with E-state index in [9.17, 15) is 4.79 Å². The van der Waals surface area contributed by atoms with Gasteiger partial charge in [-0.1, -0.05) is 6.07 Å². The third-order valence-corrected chi connectivity index (χ3v) is 4.66. The highest BCUT2D eigenvalue weighted by molar-refractivity contribution is 7.12. The van der Waals surface area contributed by atoms with Gasteiger partial charge in [-0.3, -0.25) is 4.98 Å². The first-order valence-electron chi connectivity index (χ1n) is 6.59. The number of fused-ring (bicyclic) bond motifs is 1. The molecule has 0 bridgehead atoms. The summed E-state index contributed by atoms with van der Waals surface area (Å²) in [6.07, 6.45) is 5.57. The molecule has 0 aromatic carbocycles. The molecule has 0 aliphatic heterocycles. The lowest BCUT2D eigenvalue weighted by atomic mass is 9.96. The highest BCUT2D eigenvalue weighted by Crippen LogP contribution is 2.32. The maximum absolute atomic E-state index is 10.6. The standard InChI is InChI=1S/C15H15NO3S/c17-15(18)19-12-4-3-11-7-13(20-14(11)8-12)6-10-2-1-5-16-9-10/h1-2,5,7,9,12H,3-4,6,8H2,(H,17,18). The number of pyridine rings is 1. The minimum atomic E-state index is -1.18. The van der Waals surface area contributed by atoms with E-state index >= 15 is 0 Å². The van der Waals surface area contributed by atoms with Gasteiger partial charge in [0.05, 0.1) is 0 Å². The molecular weight excluding hydrogens is 274 g/mol. The minimum Gasteiger partial charge on any atom is -0.450 e. The Morgan fingerprint density at radius 3 is 3.20 bits per heavy atom. The zero-order chi connectivity index (χ0) is 13.9. The molecule has 3 rings (SSSR count). The van der Waals surface area contributed by atoms with Crippen LogP contribution < -0.4 is 0 Å². The van der Waals surface area contributed by atoms with Crippen LogP contribution in [0, 0.1) is 0 Å². The molecule has 5 heteroatoms. The largest absolute Gasteiger partial charge is 0.506 e. The number of thiophene rings is 1. The second kappa shape index (κ2) is 5.63. The second-order valence-electron chi connectivity index (χ2n) is 4.95. The minimum absolute atomic E-state index is 0.190. The van der Waals surface area contributed by atoms with E-state index in [0.717, 1.165) is 19.3 Å². The van der Waals surface area contributed by atoms with Gasteiger partial charge >= 0.3 is 6.16 Å². The predicted octanol–water partition coefficient (Wildman–Crippen LogP) is 3.29. The van der Waals surface area contributed by atoms with E-state index in [4.69, 9.17) is 9.84 Å². The van der Waals surface area contributed by atoms with Crippen molar-refractivity contribution in [2.45, 2.75) is 31.8 Å². The number of ether oxygens (including phenoxy) is 1. The van der Waals surface area contributed by atoms with Crippen LogP contribution in [0.3, 0.4) is 0 Å². The summed E-state index contributed by atoms with van der Waals surface area (Å²) in [5, 5.41) is 8.69. The highest BCUT2D eigenvalue weighted by atomic mass is 32.1. The van der Waals surface area contributed by atoms with Crippen molar-refractivity contribution in [1.29, 1.82) is 0 Å². The van der Waals surface area contributed by atoms with Crippen LogP contribution in [0.5, 0.6) is 0 Å². The Morgan fingerprint density at radius 1 is 1.55 bits per heavy atom. The Kier molecular flexibility index (Phi) is 3.69. The van der Waals surface area contributed by atoms with Gasteiger partial charge in [0, 0.05) is 35.0 Å². The summed E-state index contributed by atoms with van der Waals surface area (Å²) in [6.45, 7) is 0.